The third kappa shape index (κ3) is 7.81. The van der Waals surface area contributed by atoms with Crippen molar-refractivity contribution in [2.75, 3.05) is 10.6 Å². The lowest BCUT2D eigenvalue weighted by Crippen LogP contribution is -2.16. The summed E-state index contributed by atoms with van der Waals surface area (Å²) in [5.41, 5.74) is 12.0. The lowest BCUT2D eigenvalue weighted by Gasteiger charge is -2.24. The van der Waals surface area contributed by atoms with E-state index in [1.807, 2.05) is 42.5 Å². The van der Waals surface area contributed by atoms with E-state index in [9.17, 15) is 10.1 Å². The normalized spacial score (nSPS) is 12.4. The quantitative estimate of drug-likeness (QED) is 0.102. The zero-order valence-electron chi connectivity index (χ0n) is 27.5. The first-order valence-electron chi connectivity index (χ1n) is 16.3. The van der Waals surface area contributed by atoms with Crippen LogP contribution >= 0.6 is 0 Å². The molecule has 1 aromatic heterocycles. The van der Waals surface area contributed by atoms with Crippen LogP contribution in [0, 0.1) is 17.0 Å². The molecular weight excluding hydrogens is 568 g/mol. The third-order valence-corrected chi connectivity index (χ3v) is 8.58. The van der Waals surface area contributed by atoms with Crippen LogP contribution in [-0.2, 0) is 25.7 Å². The van der Waals surface area contributed by atoms with Gasteiger partial charge in [-0.05, 0) is 92.0 Å². The van der Waals surface area contributed by atoms with Crippen LogP contribution in [0.25, 0.3) is 0 Å². The van der Waals surface area contributed by atoms with Gasteiger partial charge in [-0.1, -0.05) is 98.3 Å². The fraction of sp³-hybridized carbons (Fsp3) is 0.275. The van der Waals surface area contributed by atoms with Crippen molar-refractivity contribution in [2.24, 2.45) is 0 Å². The van der Waals surface area contributed by atoms with Gasteiger partial charge in [0.2, 0.25) is 0 Å². The Kier molecular flexibility index (Phi) is 10.5. The first-order chi connectivity index (χ1) is 22.2. The predicted molar refractivity (Wildman–Crippen MR) is 190 cm³/mol. The van der Waals surface area contributed by atoms with E-state index < -0.39 is 0 Å². The van der Waals surface area contributed by atoms with Gasteiger partial charge in [0.05, 0.1) is 28.4 Å². The topological polar surface area (TPSA) is 80.1 Å². The van der Waals surface area contributed by atoms with Crippen LogP contribution in [0.5, 0.6) is 0 Å². The van der Waals surface area contributed by atoms with Crippen LogP contribution < -0.4 is 10.6 Å². The Morgan fingerprint density at radius 3 is 1.50 bits per heavy atom. The number of hydrogen-bond acceptors (Lipinski definition) is 5. The van der Waals surface area contributed by atoms with Crippen molar-refractivity contribution < 1.29 is 4.92 Å². The summed E-state index contributed by atoms with van der Waals surface area (Å²) in [6.45, 7) is 10.8. The summed E-state index contributed by atoms with van der Waals surface area (Å²) >= 11 is 0. The number of rotatable bonds is 13. The SMILES string of the molecule is CCc1cc(C)cc(CC)c1NC(C)c1cccc(C(C)Nc2c(Cc3ccccc3)cc([N+](=O)[O-])cc2Cc2ccccc2)n1. The van der Waals surface area contributed by atoms with E-state index >= 15 is 0 Å². The highest BCUT2D eigenvalue weighted by atomic mass is 16.6. The van der Waals surface area contributed by atoms with Gasteiger partial charge in [-0.2, -0.15) is 0 Å². The molecular formula is C40H44N4O2. The van der Waals surface area contributed by atoms with Gasteiger partial charge in [0, 0.05) is 23.5 Å². The molecule has 2 N–H and O–H groups in total. The molecule has 0 fully saturated rings. The fourth-order valence-electron chi connectivity index (χ4n) is 6.17. The largest absolute Gasteiger partial charge is 0.377 e. The number of nitrogens with one attached hydrogen (secondary N) is 2. The highest BCUT2D eigenvalue weighted by Crippen LogP contribution is 2.34. The molecule has 1 heterocycles. The fourth-order valence-corrected chi connectivity index (χ4v) is 6.17. The Morgan fingerprint density at radius 2 is 1.09 bits per heavy atom. The number of aromatic nitrogens is 1. The minimum Gasteiger partial charge on any atom is -0.377 e. The molecule has 0 bridgehead atoms. The smallest absolute Gasteiger partial charge is 0.270 e. The molecule has 0 aliphatic heterocycles. The molecule has 0 saturated carbocycles. The number of non-ortho nitro benzene ring substituents is 1. The van der Waals surface area contributed by atoms with Crippen molar-refractivity contribution in [2.45, 2.75) is 72.4 Å². The van der Waals surface area contributed by atoms with Crippen molar-refractivity contribution in [1.82, 2.24) is 4.98 Å². The number of nitro groups is 1. The summed E-state index contributed by atoms with van der Waals surface area (Å²) in [5, 5.41) is 19.6. The zero-order valence-corrected chi connectivity index (χ0v) is 27.5. The summed E-state index contributed by atoms with van der Waals surface area (Å²) in [7, 11) is 0. The molecule has 6 nitrogen and oxygen atoms in total. The van der Waals surface area contributed by atoms with Crippen molar-refractivity contribution in [3.63, 3.8) is 0 Å². The number of pyridine rings is 1. The zero-order chi connectivity index (χ0) is 32.6. The summed E-state index contributed by atoms with van der Waals surface area (Å²) < 4.78 is 0. The minimum atomic E-state index is -0.294. The molecule has 2 atom stereocenters. The first kappa shape index (κ1) is 32.4. The van der Waals surface area contributed by atoms with Gasteiger partial charge < -0.3 is 10.6 Å². The minimum absolute atomic E-state index is 0.00659. The Hall–Kier alpha value is -4.97. The average Bonchev–Trinajstić information content (AvgIpc) is 3.07. The van der Waals surface area contributed by atoms with E-state index in [0.717, 1.165) is 52.2 Å². The van der Waals surface area contributed by atoms with E-state index in [4.69, 9.17) is 4.98 Å². The summed E-state index contributed by atoms with van der Waals surface area (Å²) in [6.07, 6.45) is 3.07. The number of hydrogen-bond donors (Lipinski definition) is 2. The molecule has 5 rings (SSSR count). The second kappa shape index (κ2) is 14.9. The monoisotopic (exact) mass is 612 g/mol. The van der Waals surface area contributed by atoms with Crippen molar-refractivity contribution in [1.29, 1.82) is 0 Å². The third-order valence-electron chi connectivity index (χ3n) is 8.58. The maximum absolute atomic E-state index is 12.1. The summed E-state index contributed by atoms with van der Waals surface area (Å²) in [6, 6.07) is 34.2. The lowest BCUT2D eigenvalue weighted by atomic mass is 9.94. The summed E-state index contributed by atoms with van der Waals surface area (Å²) in [4.78, 5) is 16.9. The van der Waals surface area contributed by atoms with Crippen molar-refractivity contribution >= 4 is 17.1 Å². The van der Waals surface area contributed by atoms with Crippen molar-refractivity contribution in [3.05, 3.63) is 164 Å². The van der Waals surface area contributed by atoms with E-state index in [1.54, 1.807) is 12.1 Å². The number of benzene rings is 4. The first-order valence-corrected chi connectivity index (χ1v) is 16.3. The molecule has 46 heavy (non-hydrogen) atoms. The summed E-state index contributed by atoms with van der Waals surface area (Å²) in [5.74, 6) is 0. The van der Waals surface area contributed by atoms with Crippen LogP contribution in [0.15, 0.2) is 103 Å². The van der Waals surface area contributed by atoms with Gasteiger partial charge >= 0.3 is 0 Å². The molecule has 236 valence electrons. The Labute approximate surface area is 273 Å². The van der Waals surface area contributed by atoms with Crippen LogP contribution in [0.3, 0.4) is 0 Å². The number of nitro benzene ring substituents is 1. The average molecular weight is 613 g/mol. The molecule has 0 amide bonds. The molecule has 0 aliphatic rings. The molecule has 5 aromatic rings. The van der Waals surface area contributed by atoms with Crippen LogP contribution in [0.4, 0.5) is 17.1 Å². The van der Waals surface area contributed by atoms with Gasteiger partial charge in [-0.3, -0.25) is 15.1 Å². The lowest BCUT2D eigenvalue weighted by molar-refractivity contribution is -0.385. The Balaban J connectivity index is 1.49. The predicted octanol–water partition coefficient (Wildman–Crippen LogP) is 9.95. The maximum Gasteiger partial charge on any atom is 0.270 e. The second-order valence-electron chi connectivity index (χ2n) is 12.1. The Morgan fingerprint density at radius 1 is 0.652 bits per heavy atom. The van der Waals surface area contributed by atoms with Crippen LogP contribution in [0.2, 0.25) is 0 Å². The molecule has 0 radical (unpaired) electrons. The number of aryl methyl sites for hydroxylation is 3. The van der Waals surface area contributed by atoms with Crippen LogP contribution in [-0.4, -0.2) is 9.91 Å². The molecule has 0 spiro atoms. The van der Waals surface area contributed by atoms with Gasteiger partial charge in [-0.15, -0.1) is 0 Å². The molecule has 4 aromatic carbocycles. The van der Waals surface area contributed by atoms with E-state index in [2.05, 4.69) is 93.8 Å². The van der Waals surface area contributed by atoms with Crippen LogP contribution in [0.1, 0.15) is 90.1 Å². The number of anilines is 2. The molecule has 6 heteroatoms. The van der Waals surface area contributed by atoms with E-state index in [1.165, 1.54) is 22.4 Å². The van der Waals surface area contributed by atoms with Crippen molar-refractivity contribution in [3.8, 4) is 0 Å². The van der Waals surface area contributed by atoms with Gasteiger partial charge in [0.1, 0.15) is 0 Å². The molecule has 0 saturated heterocycles. The number of nitrogens with zero attached hydrogens (tertiary/aromatic N) is 2. The van der Waals surface area contributed by atoms with Gasteiger partial charge in [-0.25, -0.2) is 0 Å². The van der Waals surface area contributed by atoms with Gasteiger partial charge in [0.25, 0.3) is 5.69 Å². The van der Waals surface area contributed by atoms with E-state index in [0.29, 0.717) is 12.8 Å². The highest BCUT2D eigenvalue weighted by Gasteiger charge is 2.21. The second-order valence-corrected chi connectivity index (χ2v) is 12.1. The Bertz CT molecular complexity index is 1700. The van der Waals surface area contributed by atoms with Gasteiger partial charge in [0.15, 0.2) is 0 Å². The molecule has 2 unspecified atom stereocenters. The standard InChI is InChI=1S/C40H44N4O2/c1-6-32-21-27(3)22-33(7-2)39(32)41-28(4)37-19-14-20-38(43-37)29(5)42-40-34(23-30-15-10-8-11-16-30)25-36(44(45)46)26-35(40)24-31-17-12-9-13-18-31/h8-22,25-26,28-29,41-42H,6-7,23-24H2,1-5H3. The molecule has 0 aliphatic carbocycles. The highest BCUT2D eigenvalue weighted by molar-refractivity contribution is 5.65. The van der Waals surface area contributed by atoms with E-state index in [-0.39, 0.29) is 22.7 Å². The maximum atomic E-state index is 12.1.